The van der Waals surface area contributed by atoms with Crippen LogP contribution in [0.2, 0.25) is 0 Å². The van der Waals surface area contributed by atoms with Crippen molar-refractivity contribution >= 4 is 5.69 Å². The van der Waals surface area contributed by atoms with Crippen LogP contribution in [0.5, 0.6) is 0 Å². The minimum Gasteiger partial charge on any atom is -0.334 e. The maximum absolute atomic E-state index is 13.1. The van der Waals surface area contributed by atoms with Gasteiger partial charge in [0.05, 0.1) is 6.57 Å². The van der Waals surface area contributed by atoms with E-state index in [-0.39, 0.29) is 5.69 Å². The van der Waals surface area contributed by atoms with Crippen LogP contribution in [0.4, 0.5) is 10.1 Å². The van der Waals surface area contributed by atoms with Crippen molar-refractivity contribution in [2.24, 2.45) is 7.05 Å². The highest BCUT2D eigenvalue weighted by atomic mass is 19.1. The molecule has 1 heterocycles. The average Bonchev–Trinajstić information content (AvgIpc) is 2.65. The molecular weight excluding hydrogens is 193 g/mol. The topological polar surface area (TPSA) is 22.2 Å². The van der Waals surface area contributed by atoms with Crippen molar-refractivity contribution < 1.29 is 4.39 Å². The van der Waals surface area contributed by atoms with E-state index in [2.05, 4.69) is 9.83 Å². The molecule has 74 valence electrons. The molecule has 0 N–H and O–H groups in total. The van der Waals surface area contributed by atoms with Gasteiger partial charge < -0.3 is 4.57 Å². The molecule has 0 bridgehead atoms. The molecule has 3 nitrogen and oxygen atoms in total. The zero-order chi connectivity index (χ0) is 10.8. The van der Waals surface area contributed by atoms with Crippen LogP contribution in [0.1, 0.15) is 0 Å². The second-order valence-corrected chi connectivity index (χ2v) is 3.14. The molecule has 0 radical (unpaired) electrons. The molecule has 1 aromatic heterocycles. The first-order valence-corrected chi connectivity index (χ1v) is 4.37. The fourth-order valence-electron chi connectivity index (χ4n) is 1.38. The molecule has 0 atom stereocenters. The van der Waals surface area contributed by atoms with Crippen molar-refractivity contribution in [2.75, 3.05) is 0 Å². The van der Waals surface area contributed by atoms with Crippen molar-refractivity contribution in [1.82, 2.24) is 9.55 Å². The molecular formula is C11H8FN3. The third kappa shape index (κ3) is 1.59. The predicted molar refractivity (Wildman–Crippen MR) is 54.9 cm³/mol. The summed E-state index contributed by atoms with van der Waals surface area (Å²) in [7, 11) is 1.85. The molecule has 0 saturated carbocycles. The van der Waals surface area contributed by atoms with Crippen LogP contribution in [0.15, 0.2) is 30.6 Å². The van der Waals surface area contributed by atoms with Crippen molar-refractivity contribution in [1.29, 1.82) is 0 Å². The second-order valence-electron chi connectivity index (χ2n) is 3.14. The number of rotatable bonds is 1. The van der Waals surface area contributed by atoms with E-state index >= 15 is 0 Å². The van der Waals surface area contributed by atoms with Gasteiger partial charge in [-0.25, -0.2) is 14.2 Å². The highest BCUT2D eigenvalue weighted by molar-refractivity contribution is 5.63. The van der Waals surface area contributed by atoms with Gasteiger partial charge in [-0.3, -0.25) is 0 Å². The lowest BCUT2D eigenvalue weighted by molar-refractivity contribution is 0.634. The number of nitrogens with zero attached hydrogens (tertiary/aromatic N) is 3. The maximum Gasteiger partial charge on any atom is 0.222 e. The number of hydrogen-bond acceptors (Lipinski definition) is 1. The van der Waals surface area contributed by atoms with Crippen molar-refractivity contribution in [2.45, 2.75) is 0 Å². The first-order valence-electron chi connectivity index (χ1n) is 4.37. The van der Waals surface area contributed by atoms with Crippen molar-refractivity contribution in [3.05, 3.63) is 47.8 Å². The molecule has 2 aromatic rings. The van der Waals surface area contributed by atoms with Crippen molar-refractivity contribution in [3.63, 3.8) is 0 Å². The molecule has 0 aliphatic carbocycles. The molecule has 0 unspecified atom stereocenters. The fourth-order valence-corrected chi connectivity index (χ4v) is 1.38. The second kappa shape index (κ2) is 3.54. The number of hydrogen-bond donors (Lipinski definition) is 0. The van der Waals surface area contributed by atoms with Crippen LogP contribution in [0, 0.1) is 12.4 Å². The molecule has 0 aliphatic rings. The van der Waals surface area contributed by atoms with Gasteiger partial charge in [0.2, 0.25) is 5.69 Å². The first-order chi connectivity index (χ1) is 7.22. The largest absolute Gasteiger partial charge is 0.334 e. The van der Waals surface area contributed by atoms with Gasteiger partial charge >= 0.3 is 0 Å². The summed E-state index contributed by atoms with van der Waals surface area (Å²) in [6.45, 7) is 6.82. The molecule has 2 rings (SSSR count). The summed E-state index contributed by atoms with van der Waals surface area (Å²) >= 11 is 0. The minimum atomic E-state index is -0.497. The van der Waals surface area contributed by atoms with E-state index in [1.165, 1.54) is 12.1 Å². The number of benzene rings is 1. The van der Waals surface area contributed by atoms with E-state index in [0.717, 1.165) is 11.4 Å². The van der Waals surface area contributed by atoms with Crippen molar-refractivity contribution in [3.8, 4) is 11.4 Å². The summed E-state index contributed by atoms with van der Waals surface area (Å²) < 4.78 is 14.9. The third-order valence-corrected chi connectivity index (χ3v) is 2.15. The quantitative estimate of drug-likeness (QED) is 0.650. The summed E-state index contributed by atoms with van der Waals surface area (Å²) in [4.78, 5) is 7.24. The predicted octanol–water partition coefficient (Wildman–Crippen LogP) is 2.78. The average molecular weight is 201 g/mol. The zero-order valence-electron chi connectivity index (χ0n) is 8.11. The summed E-state index contributed by atoms with van der Waals surface area (Å²) in [5.41, 5.74) is 0.769. The Labute approximate surface area is 86.6 Å². The molecule has 4 heteroatoms. The molecule has 15 heavy (non-hydrogen) atoms. The van der Waals surface area contributed by atoms with E-state index < -0.39 is 5.82 Å². The van der Waals surface area contributed by atoms with Crippen LogP contribution in [-0.4, -0.2) is 9.55 Å². The fraction of sp³-hybridized carbons (Fsp3) is 0.0909. The van der Waals surface area contributed by atoms with Gasteiger partial charge in [0, 0.05) is 25.0 Å². The maximum atomic E-state index is 13.1. The van der Waals surface area contributed by atoms with Gasteiger partial charge in [-0.2, -0.15) is 0 Å². The standard InChI is InChI=1S/C11H8FN3/c1-13-10-7-8(3-4-9(10)12)11-14-5-6-15(11)2/h3-7H,2H3. The van der Waals surface area contributed by atoms with E-state index in [1.54, 1.807) is 18.5 Å². The van der Waals surface area contributed by atoms with Gasteiger partial charge in [-0.1, -0.05) is 6.07 Å². The van der Waals surface area contributed by atoms with Gasteiger partial charge in [-0.15, -0.1) is 0 Å². The number of imidazole rings is 1. The Hall–Kier alpha value is -2.15. The number of aromatic nitrogens is 2. The number of aryl methyl sites for hydroxylation is 1. The molecule has 0 fully saturated rings. The summed E-state index contributed by atoms with van der Waals surface area (Å²) in [6.07, 6.45) is 3.46. The van der Waals surface area contributed by atoms with E-state index in [1.807, 2.05) is 11.6 Å². The van der Waals surface area contributed by atoms with Crippen LogP contribution >= 0.6 is 0 Å². The van der Waals surface area contributed by atoms with Gasteiger partial charge in [0.1, 0.15) is 11.6 Å². The van der Waals surface area contributed by atoms with Gasteiger partial charge in [0.25, 0.3) is 0 Å². The van der Waals surface area contributed by atoms with E-state index in [9.17, 15) is 4.39 Å². The molecule has 0 saturated heterocycles. The Balaban J connectivity index is 2.57. The number of halogens is 1. The summed E-state index contributed by atoms with van der Waals surface area (Å²) in [6, 6.07) is 4.41. The summed E-state index contributed by atoms with van der Waals surface area (Å²) in [5, 5.41) is 0. The monoisotopic (exact) mass is 201 g/mol. The Morgan fingerprint density at radius 3 is 2.87 bits per heavy atom. The lowest BCUT2D eigenvalue weighted by atomic mass is 10.2. The molecule has 0 amide bonds. The Morgan fingerprint density at radius 2 is 2.27 bits per heavy atom. The molecule has 1 aromatic carbocycles. The van der Waals surface area contributed by atoms with Crippen LogP contribution in [0.25, 0.3) is 16.2 Å². The lowest BCUT2D eigenvalue weighted by Gasteiger charge is -2.02. The Kier molecular flexibility index (Phi) is 2.22. The molecule has 0 spiro atoms. The van der Waals surface area contributed by atoms with Gasteiger partial charge in [0.15, 0.2) is 0 Å². The highest BCUT2D eigenvalue weighted by Crippen LogP contribution is 2.25. The van der Waals surface area contributed by atoms with Crippen LogP contribution in [0.3, 0.4) is 0 Å². The smallest absolute Gasteiger partial charge is 0.222 e. The summed E-state index contributed by atoms with van der Waals surface area (Å²) in [5.74, 6) is 0.225. The third-order valence-electron chi connectivity index (χ3n) is 2.15. The van der Waals surface area contributed by atoms with E-state index in [0.29, 0.717) is 0 Å². The first kappa shape index (κ1) is 9.41. The van der Waals surface area contributed by atoms with Crippen LogP contribution in [-0.2, 0) is 7.05 Å². The van der Waals surface area contributed by atoms with Crippen LogP contribution < -0.4 is 0 Å². The Bertz CT molecular complexity index is 537. The minimum absolute atomic E-state index is 0.0236. The normalized spacial score (nSPS) is 9.93. The zero-order valence-corrected chi connectivity index (χ0v) is 8.11. The highest BCUT2D eigenvalue weighted by Gasteiger charge is 2.07. The SMILES string of the molecule is [C-]#[N+]c1cc(-c2nccn2C)ccc1F. The lowest BCUT2D eigenvalue weighted by Crippen LogP contribution is -1.91. The Morgan fingerprint density at radius 1 is 1.47 bits per heavy atom. The molecule has 0 aliphatic heterocycles. The van der Waals surface area contributed by atoms with Gasteiger partial charge in [-0.05, 0) is 12.1 Å². The van der Waals surface area contributed by atoms with E-state index in [4.69, 9.17) is 6.57 Å².